The smallest absolute Gasteiger partial charge is 0.230 e. The van der Waals surface area contributed by atoms with Gasteiger partial charge in [0.15, 0.2) is 0 Å². The summed E-state index contributed by atoms with van der Waals surface area (Å²) in [4.78, 5) is 27.6. The topological polar surface area (TPSA) is 173 Å². The van der Waals surface area contributed by atoms with Gasteiger partial charge in [0.1, 0.15) is 34.7 Å². The molecule has 51 heavy (non-hydrogen) atoms. The zero-order chi connectivity index (χ0) is 35.5. The standard InChI is InChI=1S/C34H44N8O6S3/c43-14-9-35-10-15-47-27-5-1-3-25(21-27)23-29(44)36-33-40-38-31(50-33)7-19-49-20-8-32-39-41-34(51-32)37-30(45)24-26-4-2-6-28(22-26)48-18-13-42-11-16-46-17-12-42/h1-6,21-22,35,43H,7-20,23-24H2,(H,36,40,44)(H,37,41,45). The van der Waals surface area contributed by atoms with Crippen molar-refractivity contribution in [2.45, 2.75) is 25.7 Å². The van der Waals surface area contributed by atoms with Gasteiger partial charge in [-0.15, -0.1) is 20.4 Å². The van der Waals surface area contributed by atoms with Crippen LogP contribution in [0.5, 0.6) is 11.5 Å². The van der Waals surface area contributed by atoms with E-state index in [1.54, 1.807) is 11.8 Å². The van der Waals surface area contributed by atoms with E-state index in [0.717, 1.165) is 84.1 Å². The first-order chi connectivity index (χ1) is 25.0. The highest BCUT2D eigenvalue weighted by molar-refractivity contribution is 7.99. The molecule has 1 aliphatic rings. The van der Waals surface area contributed by atoms with Crippen LogP contribution >= 0.6 is 34.4 Å². The second-order valence-corrected chi connectivity index (χ2v) is 14.8. The summed E-state index contributed by atoms with van der Waals surface area (Å²) in [6.45, 7) is 6.52. The van der Waals surface area contributed by atoms with Crippen LogP contribution in [0.3, 0.4) is 0 Å². The van der Waals surface area contributed by atoms with Gasteiger partial charge in [0.05, 0.1) is 32.7 Å². The van der Waals surface area contributed by atoms with E-state index >= 15 is 0 Å². The maximum atomic E-state index is 12.7. The molecular formula is C34H44N8O6S3. The summed E-state index contributed by atoms with van der Waals surface area (Å²) in [6, 6.07) is 15.1. The fraction of sp³-hybridized carbons (Fsp3) is 0.471. The lowest BCUT2D eigenvalue weighted by molar-refractivity contribution is -0.116. The Morgan fingerprint density at radius 3 is 1.94 bits per heavy atom. The van der Waals surface area contributed by atoms with Gasteiger partial charge in [0.2, 0.25) is 22.1 Å². The Balaban J connectivity index is 0.937. The number of carbonyl (C=O) groups excluding carboxylic acids is 2. The molecule has 0 spiro atoms. The molecule has 4 N–H and O–H groups in total. The quantitative estimate of drug-likeness (QED) is 0.0864. The number of hydrogen-bond donors (Lipinski definition) is 4. The predicted molar refractivity (Wildman–Crippen MR) is 200 cm³/mol. The van der Waals surface area contributed by atoms with Crippen molar-refractivity contribution in [3.63, 3.8) is 0 Å². The molecule has 2 aromatic carbocycles. The van der Waals surface area contributed by atoms with E-state index in [4.69, 9.17) is 19.3 Å². The summed E-state index contributed by atoms with van der Waals surface area (Å²) in [5, 5.41) is 37.0. The number of rotatable bonds is 22. The lowest BCUT2D eigenvalue weighted by Gasteiger charge is -2.26. The Morgan fingerprint density at radius 1 is 0.804 bits per heavy atom. The van der Waals surface area contributed by atoms with E-state index in [0.29, 0.717) is 42.3 Å². The normalized spacial score (nSPS) is 13.2. The summed E-state index contributed by atoms with van der Waals surface area (Å²) in [6.07, 6.45) is 1.90. The molecule has 1 aliphatic heterocycles. The number of amides is 2. The Kier molecular flexibility index (Phi) is 16.3. The number of nitrogens with zero attached hydrogens (tertiary/aromatic N) is 5. The maximum Gasteiger partial charge on any atom is 0.230 e. The first-order valence-electron chi connectivity index (χ1n) is 16.9. The number of anilines is 2. The summed E-state index contributed by atoms with van der Waals surface area (Å²) < 4.78 is 17.0. The molecule has 2 amide bonds. The van der Waals surface area contributed by atoms with Gasteiger partial charge in [-0.2, -0.15) is 11.8 Å². The SMILES string of the molecule is O=C(Cc1cccc(OCCNCCO)c1)Nc1nnc(CCSCCc2nnc(NC(=O)Cc3cccc(OCCN4CCOCC4)c3)s2)s1. The van der Waals surface area contributed by atoms with E-state index in [1.165, 1.54) is 22.7 Å². The molecule has 1 saturated heterocycles. The van der Waals surface area contributed by atoms with E-state index in [-0.39, 0.29) is 31.3 Å². The molecule has 5 rings (SSSR count). The fourth-order valence-corrected chi connectivity index (χ4v) is 7.63. The molecule has 1 fully saturated rings. The fourth-order valence-electron chi connectivity index (χ4n) is 4.98. The molecule has 0 unspecified atom stereocenters. The predicted octanol–water partition coefficient (Wildman–Crippen LogP) is 2.94. The Labute approximate surface area is 309 Å². The molecule has 4 aromatic rings. The van der Waals surface area contributed by atoms with Crippen LogP contribution in [-0.2, 0) is 40.0 Å². The van der Waals surface area contributed by atoms with Crippen LogP contribution in [0, 0.1) is 0 Å². The van der Waals surface area contributed by atoms with Crippen molar-refractivity contribution >= 4 is 56.5 Å². The lowest BCUT2D eigenvalue weighted by Crippen LogP contribution is -2.38. The van der Waals surface area contributed by atoms with E-state index in [1.807, 2.05) is 48.5 Å². The van der Waals surface area contributed by atoms with Crippen LogP contribution in [0.1, 0.15) is 21.1 Å². The molecule has 0 atom stereocenters. The van der Waals surface area contributed by atoms with Crippen LogP contribution in [0.25, 0.3) is 0 Å². The van der Waals surface area contributed by atoms with Crippen molar-refractivity contribution in [3.8, 4) is 11.5 Å². The number of benzene rings is 2. The zero-order valence-corrected chi connectivity index (χ0v) is 30.8. The minimum atomic E-state index is -0.170. The first-order valence-corrected chi connectivity index (χ1v) is 19.7. The Morgan fingerprint density at radius 2 is 1.37 bits per heavy atom. The number of aliphatic hydroxyl groups excluding tert-OH is 1. The van der Waals surface area contributed by atoms with Crippen LogP contribution in [0.15, 0.2) is 48.5 Å². The van der Waals surface area contributed by atoms with Gasteiger partial charge in [-0.3, -0.25) is 14.5 Å². The minimum Gasteiger partial charge on any atom is -0.492 e. The Bertz CT molecular complexity index is 1650. The third-order valence-electron chi connectivity index (χ3n) is 7.49. The molecular weight excluding hydrogens is 713 g/mol. The van der Waals surface area contributed by atoms with E-state index < -0.39 is 0 Å². The van der Waals surface area contributed by atoms with Crippen molar-refractivity contribution < 1.29 is 28.9 Å². The van der Waals surface area contributed by atoms with Crippen LogP contribution in [-0.4, -0.2) is 119 Å². The van der Waals surface area contributed by atoms with E-state index in [9.17, 15) is 9.59 Å². The number of aryl methyl sites for hydroxylation is 2. The third kappa shape index (κ3) is 14.4. The minimum absolute atomic E-state index is 0.0863. The summed E-state index contributed by atoms with van der Waals surface area (Å²) in [5.41, 5.74) is 1.71. The molecule has 0 aliphatic carbocycles. The number of nitrogens with one attached hydrogen (secondary N) is 3. The highest BCUT2D eigenvalue weighted by atomic mass is 32.2. The Hall–Kier alpha value is -3.71. The lowest BCUT2D eigenvalue weighted by atomic mass is 10.1. The van der Waals surface area contributed by atoms with Gasteiger partial charge in [-0.25, -0.2) is 0 Å². The number of morpholine rings is 1. The number of aromatic nitrogens is 4. The highest BCUT2D eigenvalue weighted by Crippen LogP contribution is 2.21. The number of hydrogen-bond acceptors (Lipinski definition) is 15. The first kappa shape index (κ1) is 38.5. The second-order valence-electron chi connectivity index (χ2n) is 11.5. The largest absolute Gasteiger partial charge is 0.492 e. The molecule has 274 valence electrons. The summed E-state index contributed by atoms with van der Waals surface area (Å²) >= 11 is 4.54. The van der Waals surface area contributed by atoms with Gasteiger partial charge in [0, 0.05) is 45.6 Å². The average molecular weight is 757 g/mol. The monoisotopic (exact) mass is 756 g/mol. The summed E-state index contributed by atoms with van der Waals surface area (Å²) in [5.74, 6) is 2.83. The molecule has 14 nitrogen and oxygen atoms in total. The molecule has 0 saturated carbocycles. The molecule has 0 bridgehead atoms. The van der Waals surface area contributed by atoms with Crippen molar-refractivity contribution in [1.29, 1.82) is 0 Å². The molecule has 17 heteroatoms. The van der Waals surface area contributed by atoms with Gasteiger partial charge in [-0.1, -0.05) is 46.9 Å². The van der Waals surface area contributed by atoms with Gasteiger partial charge in [-0.05, 0) is 46.9 Å². The van der Waals surface area contributed by atoms with Crippen molar-refractivity contribution in [2.75, 3.05) is 87.9 Å². The van der Waals surface area contributed by atoms with Crippen molar-refractivity contribution in [1.82, 2.24) is 30.6 Å². The summed E-state index contributed by atoms with van der Waals surface area (Å²) in [7, 11) is 0. The highest BCUT2D eigenvalue weighted by Gasteiger charge is 2.13. The van der Waals surface area contributed by atoms with Crippen molar-refractivity contribution in [2.24, 2.45) is 0 Å². The van der Waals surface area contributed by atoms with Gasteiger partial charge >= 0.3 is 0 Å². The van der Waals surface area contributed by atoms with E-state index in [2.05, 4.69) is 41.2 Å². The van der Waals surface area contributed by atoms with Crippen LogP contribution in [0.2, 0.25) is 0 Å². The average Bonchev–Trinajstić information content (AvgIpc) is 3.77. The van der Waals surface area contributed by atoms with Crippen LogP contribution in [0.4, 0.5) is 10.3 Å². The van der Waals surface area contributed by atoms with Crippen molar-refractivity contribution in [3.05, 3.63) is 69.7 Å². The molecule has 3 heterocycles. The van der Waals surface area contributed by atoms with Gasteiger partial charge < -0.3 is 35.3 Å². The zero-order valence-electron chi connectivity index (χ0n) is 28.4. The number of thioether (sulfide) groups is 1. The number of ether oxygens (including phenoxy) is 3. The number of carbonyl (C=O) groups is 2. The number of aliphatic hydroxyl groups is 1. The second kappa shape index (κ2) is 21.6. The third-order valence-corrected chi connectivity index (χ3v) is 10.3. The van der Waals surface area contributed by atoms with Gasteiger partial charge in [0.25, 0.3) is 0 Å². The molecule has 0 radical (unpaired) electrons. The maximum absolute atomic E-state index is 12.7. The molecule has 2 aromatic heterocycles. The van der Waals surface area contributed by atoms with Crippen LogP contribution < -0.4 is 25.4 Å².